The molecule has 0 amide bonds. The summed E-state index contributed by atoms with van der Waals surface area (Å²) in [5.41, 5.74) is 3.54. The molecule has 0 unspecified atom stereocenters. The molecule has 3 nitrogen and oxygen atoms in total. The number of hydrogen-bond donors (Lipinski definition) is 0. The van der Waals surface area contributed by atoms with Crippen molar-refractivity contribution < 1.29 is 0 Å². The number of rotatable bonds is 2. The quantitative estimate of drug-likeness (QED) is 0.227. The lowest BCUT2D eigenvalue weighted by molar-refractivity contribution is 0.824. The third-order valence-electron chi connectivity index (χ3n) is 6.68. The van der Waals surface area contributed by atoms with E-state index in [1.54, 1.807) is 12.4 Å². The summed E-state index contributed by atoms with van der Waals surface area (Å²) >= 11 is 0. The second kappa shape index (κ2) is 10.9. The van der Waals surface area contributed by atoms with Crippen molar-refractivity contribution in [1.29, 1.82) is 0 Å². The number of hydrogen-bond acceptors (Lipinski definition) is 2. The Balaban J connectivity index is 0.000000115. The summed E-state index contributed by atoms with van der Waals surface area (Å²) in [6, 6.07) is 46.2. The van der Waals surface area contributed by atoms with Crippen LogP contribution in [0.2, 0.25) is 0 Å². The fraction of sp³-hybridized carbons (Fsp3) is 0.0286. The van der Waals surface area contributed by atoms with Gasteiger partial charge < -0.3 is 4.57 Å². The number of imidazole rings is 1. The number of para-hydroxylation sites is 2. The lowest BCUT2D eigenvalue weighted by Crippen LogP contribution is -1.97. The maximum absolute atomic E-state index is 4.38. The van der Waals surface area contributed by atoms with Gasteiger partial charge in [-0.25, -0.2) is 4.98 Å². The molecule has 8 aromatic rings. The molecule has 0 spiro atoms. The van der Waals surface area contributed by atoms with Crippen molar-refractivity contribution in [2.24, 2.45) is 0 Å². The van der Waals surface area contributed by atoms with Gasteiger partial charge in [0, 0.05) is 18.9 Å². The summed E-state index contributed by atoms with van der Waals surface area (Å²) in [4.78, 5) is 8.16. The largest absolute Gasteiger partial charge is 0.326 e. The maximum atomic E-state index is 4.38. The Kier molecular flexibility index (Phi) is 6.73. The second-order valence-corrected chi connectivity index (χ2v) is 9.16. The van der Waals surface area contributed by atoms with E-state index in [0.717, 1.165) is 12.1 Å². The van der Waals surface area contributed by atoms with Crippen LogP contribution in [0.25, 0.3) is 43.4 Å². The number of pyridine rings is 1. The van der Waals surface area contributed by atoms with Gasteiger partial charge in [-0.05, 0) is 62.1 Å². The highest BCUT2D eigenvalue weighted by molar-refractivity contribution is 6.22. The van der Waals surface area contributed by atoms with Gasteiger partial charge in [0.05, 0.1) is 17.4 Å². The first kappa shape index (κ1) is 23.4. The van der Waals surface area contributed by atoms with Crippen LogP contribution in [0.15, 0.2) is 152 Å². The first-order valence-electron chi connectivity index (χ1n) is 12.8. The van der Waals surface area contributed by atoms with Crippen molar-refractivity contribution in [3.05, 3.63) is 158 Å². The molecule has 3 heteroatoms. The summed E-state index contributed by atoms with van der Waals surface area (Å²) in [5.74, 6) is 0. The highest BCUT2D eigenvalue weighted by atomic mass is 15.0. The van der Waals surface area contributed by atoms with E-state index in [1.807, 2.05) is 48.8 Å². The molecule has 0 N–H and O–H groups in total. The molecule has 0 radical (unpaired) electrons. The summed E-state index contributed by atoms with van der Waals surface area (Å²) in [6.07, 6.45) is 5.40. The Morgan fingerprint density at radius 2 is 1.00 bits per heavy atom. The molecule has 0 saturated carbocycles. The van der Waals surface area contributed by atoms with Crippen LogP contribution in [0.1, 0.15) is 5.56 Å². The highest BCUT2D eigenvalue weighted by Gasteiger charge is 2.06. The lowest BCUT2D eigenvalue weighted by Gasteiger charge is -2.09. The van der Waals surface area contributed by atoms with Gasteiger partial charge >= 0.3 is 0 Å². The van der Waals surface area contributed by atoms with E-state index in [-0.39, 0.29) is 0 Å². The lowest BCUT2D eigenvalue weighted by atomic mass is 9.95. The monoisotopic (exact) mass is 489 g/mol. The van der Waals surface area contributed by atoms with Crippen LogP contribution >= 0.6 is 0 Å². The van der Waals surface area contributed by atoms with Crippen molar-refractivity contribution >= 4 is 43.4 Å². The van der Waals surface area contributed by atoms with Gasteiger partial charge in [-0.15, -0.1) is 0 Å². The molecule has 182 valence electrons. The minimum absolute atomic E-state index is 0.876. The SMILES string of the molecule is c1cc2ccc3cccc4ccc(c1)c2c34.c1ccc(Cn2cnc3ccccc32)cc1.c1ccncc1. The number of benzene rings is 6. The minimum atomic E-state index is 0.876. The third kappa shape index (κ3) is 4.95. The second-order valence-electron chi connectivity index (χ2n) is 9.16. The molecular weight excluding hydrogens is 462 g/mol. The van der Waals surface area contributed by atoms with Gasteiger partial charge in [-0.2, -0.15) is 0 Å². The Hall–Kier alpha value is -5.02. The van der Waals surface area contributed by atoms with Crippen LogP contribution in [-0.2, 0) is 6.54 Å². The number of aromatic nitrogens is 3. The van der Waals surface area contributed by atoms with E-state index in [4.69, 9.17) is 0 Å². The highest BCUT2D eigenvalue weighted by Crippen LogP contribution is 2.33. The average molecular weight is 490 g/mol. The first-order chi connectivity index (χ1) is 18.9. The predicted octanol–water partition coefficient (Wildman–Crippen LogP) is 8.75. The average Bonchev–Trinajstić information content (AvgIpc) is 3.41. The fourth-order valence-electron chi connectivity index (χ4n) is 4.90. The standard InChI is InChI=1S/C16H10.C14H12N2.C5H5N/c1-3-11-7-9-13-5-2-6-14-10-8-12(4-1)15(11)16(13)14;1-2-6-12(7-3-1)10-16-11-15-13-8-4-5-9-14(13)16;1-2-4-6-5-3-1/h1-10H;1-9,11H,10H2;1-5H. The van der Waals surface area contributed by atoms with E-state index < -0.39 is 0 Å². The molecule has 38 heavy (non-hydrogen) atoms. The molecule has 0 atom stereocenters. The Bertz CT molecular complexity index is 1730. The molecular formula is C35H27N3. The molecule has 8 rings (SSSR count). The summed E-state index contributed by atoms with van der Waals surface area (Å²) < 4.78 is 2.17. The predicted molar refractivity (Wildman–Crippen MR) is 160 cm³/mol. The van der Waals surface area contributed by atoms with Gasteiger partial charge in [-0.3, -0.25) is 4.98 Å². The molecule has 0 aliphatic rings. The smallest absolute Gasteiger partial charge is 0.0961 e. The van der Waals surface area contributed by atoms with Crippen molar-refractivity contribution in [2.45, 2.75) is 6.54 Å². The van der Waals surface area contributed by atoms with Crippen molar-refractivity contribution in [2.75, 3.05) is 0 Å². The van der Waals surface area contributed by atoms with Crippen molar-refractivity contribution in [3.8, 4) is 0 Å². The molecule has 0 fully saturated rings. The summed E-state index contributed by atoms with van der Waals surface area (Å²) in [7, 11) is 0. The zero-order valence-electron chi connectivity index (χ0n) is 21.0. The zero-order chi connectivity index (χ0) is 25.6. The van der Waals surface area contributed by atoms with E-state index in [0.29, 0.717) is 0 Å². The molecule has 6 aromatic carbocycles. The van der Waals surface area contributed by atoms with Crippen LogP contribution in [-0.4, -0.2) is 14.5 Å². The van der Waals surface area contributed by atoms with Crippen LogP contribution in [0.4, 0.5) is 0 Å². The minimum Gasteiger partial charge on any atom is -0.326 e. The molecule has 0 aliphatic carbocycles. The van der Waals surface area contributed by atoms with E-state index in [1.165, 1.54) is 43.4 Å². The van der Waals surface area contributed by atoms with Gasteiger partial charge in [0.1, 0.15) is 0 Å². The first-order valence-corrected chi connectivity index (χ1v) is 12.8. The van der Waals surface area contributed by atoms with E-state index >= 15 is 0 Å². The van der Waals surface area contributed by atoms with Gasteiger partial charge in [0.2, 0.25) is 0 Å². The fourth-order valence-corrected chi connectivity index (χ4v) is 4.90. The van der Waals surface area contributed by atoms with Crippen molar-refractivity contribution in [1.82, 2.24) is 14.5 Å². The third-order valence-corrected chi connectivity index (χ3v) is 6.68. The molecule has 2 heterocycles. The van der Waals surface area contributed by atoms with Crippen LogP contribution in [0.3, 0.4) is 0 Å². The van der Waals surface area contributed by atoms with E-state index in [2.05, 4.69) is 106 Å². The normalized spacial score (nSPS) is 10.7. The summed E-state index contributed by atoms with van der Waals surface area (Å²) in [5, 5.41) is 8.14. The molecule has 0 bridgehead atoms. The summed E-state index contributed by atoms with van der Waals surface area (Å²) in [6.45, 7) is 0.876. The van der Waals surface area contributed by atoms with Crippen LogP contribution in [0, 0.1) is 0 Å². The molecule has 2 aromatic heterocycles. The van der Waals surface area contributed by atoms with Crippen LogP contribution < -0.4 is 0 Å². The topological polar surface area (TPSA) is 30.7 Å². The maximum Gasteiger partial charge on any atom is 0.0961 e. The van der Waals surface area contributed by atoms with Gasteiger partial charge in [0.15, 0.2) is 0 Å². The number of fused-ring (bicyclic) bond motifs is 1. The van der Waals surface area contributed by atoms with Crippen molar-refractivity contribution in [3.63, 3.8) is 0 Å². The van der Waals surface area contributed by atoms with Gasteiger partial charge in [-0.1, -0.05) is 109 Å². The Morgan fingerprint density at radius 3 is 1.53 bits per heavy atom. The Morgan fingerprint density at radius 1 is 0.474 bits per heavy atom. The Labute approximate surface area is 222 Å². The molecule has 0 aliphatic heterocycles. The van der Waals surface area contributed by atoms with Crippen LogP contribution in [0.5, 0.6) is 0 Å². The van der Waals surface area contributed by atoms with E-state index in [9.17, 15) is 0 Å². The molecule has 0 saturated heterocycles. The van der Waals surface area contributed by atoms with Gasteiger partial charge in [0.25, 0.3) is 0 Å². The zero-order valence-corrected chi connectivity index (χ0v) is 21.0. The number of nitrogens with zero attached hydrogens (tertiary/aromatic N) is 3.